The van der Waals surface area contributed by atoms with Gasteiger partial charge < -0.3 is 9.73 Å². The van der Waals surface area contributed by atoms with Crippen molar-refractivity contribution in [3.63, 3.8) is 0 Å². The van der Waals surface area contributed by atoms with E-state index in [1.807, 2.05) is 37.3 Å². The predicted octanol–water partition coefficient (Wildman–Crippen LogP) is 3.69. The average Bonchev–Trinajstić information content (AvgIpc) is 2.98. The molecule has 3 aromatic rings. The fourth-order valence-corrected chi connectivity index (χ4v) is 2.54. The molecule has 1 heterocycles. The number of amides is 1. The zero-order chi connectivity index (χ0) is 17.6. The van der Waals surface area contributed by atoms with Crippen molar-refractivity contribution in [2.24, 2.45) is 0 Å². The van der Waals surface area contributed by atoms with Gasteiger partial charge in [0.15, 0.2) is 0 Å². The molecular formula is C20H19FN2O2. The zero-order valence-corrected chi connectivity index (χ0v) is 14.0. The molecule has 1 aromatic heterocycles. The van der Waals surface area contributed by atoms with Gasteiger partial charge in [-0.3, -0.25) is 4.79 Å². The summed E-state index contributed by atoms with van der Waals surface area (Å²) in [6.07, 6.45) is 0.562. The Labute approximate surface area is 145 Å². The number of aryl methyl sites for hydroxylation is 1. The number of hydrogen-bond acceptors (Lipinski definition) is 3. The molecule has 0 aliphatic rings. The Bertz CT molecular complexity index is 859. The lowest BCUT2D eigenvalue weighted by Crippen LogP contribution is -2.27. The number of hydrogen-bond donors (Lipinski definition) is 1. The van der Waals surface area contributed by atoms with Crippen molar-refractivity contribution < 1.29 is 13.6 Å². The number of benzene rings is 2. The number of nitrogens with one attached hydrogen (secondary N) is 1. The average molecular weight is 338 g/mol. The van der Waals surface area contributed by atoms with Crippen molar-refractivity contribution in [2.75, 3.05) is 6.54 Å². The summed E-state index contributed by atoms with van der Waals surface area (Å²) in [6, 6.07) is 16.1. The number of aromatic nitrogens is 1. The van der Waals surface area contributed by atoms with Crippen molar-refractivity contribution in [1.82, 2.24) is 10.3 Å². The highest BCUT2D eigenvalue weighted by molar-refractivity contribution is 5.78. The smallest absolute Gasteiger partial charge is 0.227 e. The minimum atomic E-state index is -0.254. The summed E-state index contributed by atoms with van der Waals surface area (Å²) in [5.41, 5.74) is 2.16. The molecule has 25 heavy (non-hydrogen) atoms. The molecule has 5 heteroatoms. The van der Waals surface area contributed by atoms with Gasteiger partial charge in [0.2, 0.25) is 11.8 Å². The first-order valence-corrected chi connectivity index (χ1v) is 8.15. The molecule has 1 N–H and O–H groups in total. The van der Waals surface area contributed by atoms with Gasteiger partial charge >= 0.3 is 0 Å². The van der Waals surface area contributed by atoms with Crippen molar-refractivity contribution >= 4 is 5.91 Å². The zero-order valence-electron chi connectivity index (χ0n) is 14.0. The third-order valence-electron chi connectivity index (χ3n) is 3.91. The molecule has 0 radical (unpaired) electrons. The lowest BCUT2D eigenvalue weighted by molar-refractivity contribution is -0.120. The van der Waals surface area contributed by atoms with Gasteiger partial charge in [0.05, 0.1) is 12.1 Å². The molecule has 0 aliphatic carbocycles. The summed E-state index contributed by atoms with van der Waals surface area (Å²) in [6.45, 7) is 2.19. The lowest BCUT2D eigenvalue weighted by atomic mass is 10.1. The Morgan fingerprint density at radius 2 is 1.84 bits per heavy atom. The van der Waals surface area contributed by atoms with Crippen LogP contribution in [0.25, 0.3) is 11.5 Å². The Morgan fingerprint density at radius 1 is 1.12 bits per heavy atom. The van der Waals surface area contributed by atoms with Crippen molar-refractivity contribution in [2.45, 2.75) is 19.8 Å². The number of oxazole rings is 1. The number of carbonyl (C=O) groups excluding carboxylic acids is 1. The van der Waals surface area contributed by atoms with E-state index in [0.717, 1.165) is 5.56 Å². The number of halogens is 1. The van der Waals surface area contributed by atoms with Crippen molar-refractivity contribution in [3.05, 3.63) is 77.4 Å². The van der Waals surface area contributed by atoms with E-state index in [-0.39, 0.29) is 18.1 Å². The summed E-state index contributed by atoms with van der Waals surface area (Å²) >= 11 is 0. The van der Waals surface area contributed by atoms with Crippen LogP contribution in [0.5, 0.6) is 0 Å². The standard InChI is InChI=1S/C20H19FN2O2/c1-14-18(25-20(23-14)16-8-3-2-4-9-16)13-19(24)22-12-11-15-7-5-6-10-17(15)21/h2-10H,11-13H2,1H3,(H,22,24). The highest BCUT2D eigenvalue weighted by Crippen LogP contribution is 2.21. The van der Waals surface area contributed by atoms with E-state index in [1.54, 1.807) is 18.2 Å². The molecule has 3 rings (SSSR count). The molecule has 4 nitrogen and oxygen atoms in total. The molecule has 0 atom stereocenters. The Kier molecular flexibility index (Phi) is 5.23. The van der Waals surface area contributed by atoms with Crippen LogP contribution in [0.3, 0.4) is 0 Å². The summed E-state index contributed by atoms with van der Waals surface area (Å²) in [5.74, 6) is 0.625. The van der Waals surface area contributed by atoms with E-state index in [0.29, 0.717) is 35.9 Å². The van der Waals surface area contributed by atoms with E-state index in [4.69, 9.17) is 4.42 Å². The van der Waals surface area contributed by atoms with Crippen LogP contribution in [-0.2, 0) is 17.6 Å². The summed E-state index contributed by atoms with van der Waals surface area (Å²) in [5, 5.41) is 2.79. The van der Waals surface area contributed by atoms with Gasteiger partial charge in [0.1, 0.15) is 11.6 Å². The van der Waals surface area contributed by atoms with E-state index in [1.165, 1.54) is 6.07 Å². The van der Waals surface area contributed by atoms with Crippen LogP contribution in [0.1, 0.15) is 17.0 Å². The van der Waals surface area contributed by atoms with E-state index in [2.05, 4.69) is 10.3 Å². The summed E-state index contributed by atoms with van der Waals surface area (Å²) in [4.78, 5) is 16.5. The van der Waals surface area contributed by atoms with Crippen LogP contribution < -0.4 is 5.32 Å². The quantitative estimate of drug-likeness (QED) is 0.746. The number of nitrogens with zero attached hydrogens (tertiary/aromatic N) is 1. The van der Waals surface area contributed by atoms with Crippen molar-refractivity contribution in [1.29, 1.82) is 0 Å². The molecule has 0 bridgehead atoms. The van der Waals surface area contributed by atoms with Crippen molar-refractivity contribution in [3.8, 4) is 11.5 Å². The lowest BCUT2D eigenvalue weighted by Gasteiger charge is -2.05. The fourth-order valence-electron chi connectivity index (χ4n) is 2.54. The van der Waals surface area contributed by atoms with Gasteiger partial charge in [-0.1, -0.05) is 36.4 Å². The number of carbonyl (C=O) groups is 1. The molecule has 2 aromatic carbocycles. The Morgan fingerprint density at radius 3 is 2.60 bits per heavy atom. The maximum Gasteiger partial charge on any atom is 0.227 e. The molecular weight excluding hydrogens is 319 g/mol. The highest BCUT2D eigenvalue weighted by Gasteiger charge is 2.14. The van der Waals surface area contributed by atoms with Gasteiger partial charge in [0, 0.05) is 12.1 Å². The Hall–Kier alpha value is -2.95. The monoisotopic (exact) mass is 338 g/mol. The molecule has 0 aliphatic heterocycles. The second-order valence-electron chi connectivity index (χ2n) is 5.76. The largest absolute Gasteiger partial charge is 0.440 e. The van der Waals surface area contributed by atoms with Gasteiger partial charge in [-0.2, -0.15) is 0 Å². The highest BCUT2D eigenvalue weighted by atomic mass is 19.1. The van der Waals surface area contributed by atoms with Crippen LogP contribution in [0.15, 0.2) is 59.0 Å². The van der Waals surface area contributed by atoms with E-state index in [9.17, 15) is 9.18 Å². The normalized spacial score (nSPS) is 10.6. The van der Waals surface area contributed by atoms with Gasteiger partial charge in [-0.05, 0) is 37.1 Å². The summed E-state index contributed by atoms with van der Waals surface area (Å²) in [7, 11) is 0. The SMILES string of the molecule is Cc1nc(-c2ccccc2)oc1CC(=O)NCCc1ccccc1F. The molecule has 128 valence electrons. The number of rotatable bonds is 6. The first-order chi connectivity index (χ1) is 12.1. The summed E-state index contributed by atoms with van der Waals surface area (Å²) < 4.78 is 19.3. The fraction of sp³-hybridized carbons (Fsp3) is 0.200. The minimum Gasteiger partial charge on any atom is -0.440 e. The molecule has 0 fully saturated rings. The topological polar surface area (TPSA) is 55.1 Å². The van der Waals surface area contributed by atoms with Gasteiger partial charge in [-0.25, -0.2) is 9.37 Å². The van der Waals surface area contributed by atoms with Crippen LogP contribution in [0, 0.1) is 12.7 Å². The second-order valence-corrected chi connectivity index (χ2v) is 5.76. The first kappa shape index (κ1) is 16.9. The van der Waals surface area contributed by atoms with Crippen LogP contribution >= 0.6 is 0 Å². The first-order valence-electron chi connectivity index (χ1n) is 8.15. The van der Waals surface area contributed by atoms with Crippen LogP contribution in [0.2, 0.25) is 0 Å². The van der Waals surface area contributed by atoms with E-state index < -0.39 is 0 Å². The van der Waals surface area contributed by atoms with Gasteiger partial charge in [0.25, 0.3) is 0 Å². The molecule has 0 saturated carbocycles. The Balaban J connectivity index is 1.56. The molecule has 0 unspecified atom stereocenters. The van der Waals surface area contributed by atoms with Gasteiger partial charge in [-0.15, -0.1) is 0 Å². The minimum absolute atomic E-state index is 0.114. The maximum atomic E-state index is 13.5. The second kappa shape index (κ2) is 7.75. The maximum absolute atomic E-state index is 13.5. The van der Waals surface area contributed by atoms with Crippen LogP contribution in [0.4, 0.5) is 4.39 Å². The van der Waals surface area contributed by atoms with Crippen LogP contribution in [-0.4, -0.2) is 17.4 Å². The third kappa shape index (κ3) is 4.32. The third-order valence-corrected chi connectivity index (χ3v) is 3.91. The predicted molar refractivity (Wildman–Crippen MR) is 93.5 cm³/mol. The molecule has 0 spiro atoms. The molecule has 0 saturated heterocycles. The molecule has 1 amide bonds. The van der Waals surface area contributed by atoms with E-state index >= 15 is 0 Å².